The number of hydrogen-bond donors (Lipinski definition) is 0. The number of unbranched alkanes of at least 4 members (excludes halogenated alkanes) is 6. The van der Waals surface area contributed by atoms with Crippen LogP contribution in [-0.2, 0) is 0 Å². The molecule has 0 aromatic rings. The standard InChI is InChI=1S/C17H33F3/c1-4-6-8-10-12-16(3,13-11-9-7-5-2)14-15-17(18,19)20/h4-15H2,1-3H3. The second-order valence-corrected chi connectivity index (χ2v) is 6.55. The summed E-state index contributed by atoms with van der Waals surface area (Å²) in [6.45, 7) is 6.39. The molecule has 0 aliphatic carbocycles. The molecule has 0 unspecified atom stereocenters. The maximum absolute atomic E-state index is 12.5. The molecule has 122 valence electrons. The van der Waals surface area contributed by atoms with Gasteiger partial charge in [-0.1, -0.05) is 72.1 Å². The second kappa shape index (κ2) is 10.5. The maximum atomic E-state index is 12.5. The summed E-state index contributed by atoms with van der Waals surface area (Å²) in [5, 5.41) is 0. The van der Waals surface area contributed by atoms with Crippen LogP contribution in [0, 0.1) is 5.41 Å². The third-order valence-electron chi connectivity index (χ3n) is 4.28. The van der Waals surface area contributed by atoms with E-state index in [0.717, 1.165) is 38.5 Å². The van der Waals surface area contributed by atoms with Crippen molar-refractivity contribution in [1.82, 2.24) is 0 Å². The van der Waals surface area contributed by atoms with Gasteiger partial charge in [0.25, 0.3) is 0 Å². The first-order valence-electron chi connectivity index (χ1n) is 8.40. The number of halogens is 3. The average Bonchev–Trinajstić information content (AvgIpc) is 2.37. The number of rotatable bonds is 12. The van der Waals surface area contributed by atoms with Crippen LogP contribution in [0.3, 0.4) is 0 Å². The highest BCUT2D eigenvalue weighted by atomic mass is 19.4. The molecule has 0 aromatic heterocycles. The van der Waals surface area contributed by atoms with Crippen LogP contribution in [0.2, 0.25) is 0 Å². The van der Waals surface area contributed by atoms with Crippen molar-refractivity contribution in [2.75, 3.05) is 0 Å². The first kappa shape index (κ1) is 19.8. The van der Waals surface area contributed by atoms with Gasteiger partial charge in [-0.25, -0.2) is 0 Å². The zero-order valence-electron chi connectivity index (χ0n) is 13.6. The highest BCUT2D eigenvalue weighted by Crippen LogP contribution is 2.39. The summed E-state index contributed by atoms with van der Waals surface area (Å²) in [6.07, 6.45) is 6.81. The Morgan fingerprint density at radius 1 is 0.600 bits per heavy atom. The lowest BCUT2D eigenvalue weighted by Crippen LogP contribution is -2.20. The third kappa shape index (κ3) is 11.6. The molecule has 3 heteroatoms. The van der Waals surface area contributed by atoms with Gasteiger partial charge in [-0.3, -0.25) is 0 Å². The van der Waals surface area contributed by atoms with Crippen molar-refractivity contribution in [1.29, 1.82) is 0 Å². The van der Waals surface area contributed by atoms with Crippen LogP contribution in [-0.4, -0.2) is 6.18 Å². The summed E-state index contributed by atoms with van der Waals surface area (Å²) in [4.78, 5) is 0. The van der Waals surface area contributed by atoms with Crippen LogP contribution in [0.1, 0.15) is 97.8 Å². The van der Waals surface area contributed by atoms with Gasteiger partial charge in [0.15, 0.2) is 0 Å². The molecule has 0 nitrogen and oxygen atoms in total. The molecule has 0 spiro atoms. The molecule has 0 saturated carbocycles. The lowest BCUT2D eigenvalue weighted by molar-refractivity contribution is -0.141. The van der Waals surface area contributed by atoms with E-state index in [1.807, 2.05) is 0 Å². The van der Waals surface area contributed by atoms with Crippen LogP contribution < -0.4 is 0 Å². The van der Waals surface area contributed by atoms with E-state index in [0.29, 0.717) is 6.42 Å². The fourth-order valence-corrected chi connectivity index (χ4v) is 2.78. The molecule has 0 N–H and O–H groups in total. The SMILES string of the molecule is CCCCCCC(C)(CCCCCC)CCC(F)(F)F. The van der Waals surface area contributed by atoms with Crippen LogP contribution in [0.15, 0.2) is 0 Å². The Bertz CT molecular complexity index is 209. The zero-order valence-corrected chi connectivity index (χ0v) is 13.6. The number of hydrogen-bond acceptors (Lipinski definition) is 0. The summed E-state index contributed by atoms with van der Waals surface area (Å²) in [6, 6.07) is 0. The van der Waals surface area contributed by atoms with Gasteiger partial charge in [0.1, 0.15) is 0 Å². The van der Waals surface area contributed by atoms with Gasteiger partial charge in [-0.2, -0.15) is 13.2 Å². The normalized spacial score (nSPS) is 12.9. The molecule has 20 heavy (non-hydrogen) atoms. The first-order chi connectivity index (χ1) is 9.33. The van der Waals surface area contributed by atoms with E-state index in [2.05, 4.69) is 20.8 Å². The van der Waals surface area contributed by atoms with E-state index in [1.165, 1.54) is 25.7 Å². The fraction of sp³-hybridized carbons (Fsp3) is 1.00. The van der Waals surface area contributed by atoms with Gasteiger partial charge < -0.3 is 0 Å². The fourth-order valence-electron chi connectivity index (χ4n) is 2.78. The first-order valence-corrected chi connectivity index (χ1v) is 8.40. The molecular weight excluding hydrogens is 261 g/mol. The van der Waals surface area contributed by atoms with E-state index in [4.69, 9.17) is 0 Å². The molecule has 0 aliphatic heterocycles. The topological polar surface area (TPSA) is 0 Å². The summed E-state index contributed by atoms with van der Waals surface area (Å²) in [7, 11) is 0. The Morgan fingerprint density at radius 2 is 1.05 bits per heavy atom. The van der Waals surface area contributed by atoms with Crippen molar-refractivity contribution in [3.63, 3.8) is 0 Å². The van der Waals surface area contributed by atoms with E-state index in [9.17, 15) is 13.2 Å². The summed E-state index contributed by atoms with van der Waals surface area (Å²) in [5.74, 6) is 0. The third-order valence-corrected chi connectivity index (χ3v) is 4.28. The minimum atomic E-state index is -4.01. The molecule has 0 heterocycles. The van der Waals surface area contributed by atoms with Crippen molar-refractivity contribution >= 4 is 0 Å². The molecule has 0 aromatic carbocycles. The molecule has 0 fully saturated rings. The lowest BCUT2D eigenvalue weighted by Gasteiger charge is -2.30. The largest absolute Gasteiger partial charge is 0.389 e. The molecule has 0 radical (unpaired) electrons. The highest BCUT2D eigenvalue weighted by molar-refractivity contribution is 4.76. The summed E-state index contributed by atoms with van der Waals surface area (Å²) in [5.41, 5.74) is -0.114. The molecule has 0 amide bonds. The van der Waals surface area contributed by atoms with Gasteiger partial charge in [0.05, 0.1) is 0 Å². The zero-order chi connectivity index (χ0) is 15.5. The van der Waals surface area contributed by atoms with Crippen LogP contribution in [0.25, 0.3) is 0 Å². The molecular formula is C17H33F3. The molecule has 0 atom stereocenters. The summed E-state index contributed by atoms with van der Waals surface area (Å²) >= 11 is 0. The predicted octanol–water partition coefficient (Wildman–Crippen LogP) is 7.28. The smallest absolute Gasteiger partial charge is 0.171 e. The van der Waals surface area contributed by atoms with Crippen molar-refractivity contribution in [2.45, 2.75) is 104 Å². The van der Waals surface area contributed by atoms with E-state index in [-0.39, 0.29) is 5.41 Å². The predicted molar refractivity (Wildman–Crippen MR) is 80.9 cm³/mol. The highest BCUT2D eigenvalue weighted by Gasteiger charge is 2.32. The Hall–Kier alpha value is -0.210. The lowest BCUT2D eigenvalue weighted by atomic mass is 9.76. The average molecular weight is 294 g/mol. The van der Waals surface area contributed by atoms with Gasteiger partial charge >= 0.3 is 6.18 Å². The van der Waals surface area contributed by atoms with Crippen molar-refractivity contribution in [3.8, 4) is 0 Å². The van der Waals surface area contributed by atoms with Crippen LogP contribution in [0.4, 0.5) is 13.2 Å². The van der Waals surface area contributed by atoms with E-state index >= 15 is 0 Å². The Morgan fingerprint density at radius 3 is 1.40 bits per heavy atom. The van der Waals surface area contributed by atoms with Crippen molar-refractivity contribution < 1.29 is 13.2 Å². The van der Waals surface area contributed by atoms with Crippen LogP contribution >= 0.6 is 0 Å². The van der Waals surface area contributed by atoms with Crippen molar-refractivity contribution in [2.24, 2.45) is 5.41 Å². The Kier molecular flexibility index (Phi) is 10.4. The van der Waals surface area contributed by atoms with E-state index < -0.39 is 12.6 Å². The van der Waals surface area contributed by atoms with Crippen LogP contribution in [0.5, 0.6) is 0 Å². The van der Waals surface area contributed by atoms with Gasteiger partial charge in [-0.15, -0.1) is 0 Å². The number of alkyl halides is 3. The van der Waals surface area contributed by atoms with Gasteiger partial charge in [-0.05, 0) is 24.7 Å². The second-order valence-electron chi connectivity index (χ2n) is 6.55. The minimum Gasteiger partial charge on any atom is -0.171 e. The molecule has 0 bridgehead atoms. The van der Waals surface area contributed by atoms with E-state index in [1.54, 1.807) is 0 Å². The molecule has 0 aliphatic rings. The Labute approximate surface area is 123 Å². The summed E-state index contributed by atoms with van der Waals surface area (Å²) < 4.78 is 37.4. The molecule has 0 rings (SSSR count). The maximum Gasteiger partial charge on any atom is 0.389 e. The Balaban J connectivity index is 4.19. The quantitative estimate of drug-likeness (QED) is 0.332. The monoisotopic (exact) mass is 294 g/mol. The van der Waals surface area contributed by atoms with Crippen molar-refractivity contribution in [3.05, 3.63) is 0 Å². The van der Waals surface area contributed by atoms with Gasteiger partial charge in [0.2, 0.25) is 0 Å². The minimum absolute atomic E-state index is 0.114. The molecule has 0 saturated heterocycles. The van der Waals surface area contributed by atoms with Gasteiger partial charge in [0, 0.05) is 6.42 Å².